The molecule has 0 aliphatic carbocycles. The van der Waals surface area contributed by atoms with E-state index in [0.29, 0.717) is 0 Å². The normalized spacial score (nSPS) is 12.1. The van der Waals surface area contributed by atoms with Crippen LogP contribution in [-0.2, 0) is 6.54 Å². The number of hydrogen-bond donors (Lipinski definition) is 1. The first-order valence-corrected chi connectivity index (χ1v) is 5.73. The number of nitrogens with one attached hydrogen (secondary N) is 1. The number of rotatable bonds is 5. The maximum absolute atomic E-state index is 4.51. The Morgan fingerprint density at radius 3 is 2.62 bits per heavy atom. The molecule has 1 aromatic heterocycles. The highest BCUT2D eigenvalue weighted by Crippen LogP contribution is 2.07. The van der Waals surface area contributed by atoms with Gasteiger partial charge in [-0.3, -0.25) is 9.88 Å². The summed E-state index contributed by atoms with van der Waals surface area (Å²) < 4.78 is 0. The summed E-state index contributed by atoms with van der Waals surface area (Å²) in [7, 11) is 4.13. The van der Waals surface area contributed by atoms with E-state index in [1.54, 1.807) is 0 Å². The van der Waals surface area contributed by atoms with E-state index in [4.69, 9.17) is 0 Å². The second-order valence-corrected chi connectivity index (χ2v) is 5.08. The van der Waals surface area contributed by atoms with E-state index in [2.05, 4.69) is 48.2 Å². The first kappa shape index (κ1) is 13.1. The van der Waals surface area contributed by atoms with Crippen LogP contribution in [0, 0.1) is 6.92 Å². The minimum absolute atomic E-state index is 0.137. The highest BCUT2D eigenvalue weighted by atomic mass is 15.1. The van der Waals surface area contributed by atoms with Crippen LogP contribution in [0.25, 0.3) is 0 Å². The lowest BCUT2D eigenvalue weighted by Gasteiger charge is -2.29. The molecule has 3 nitrogen and oxygen atoms in total. The van der Waals surface area contributed by atoms with Crippen molar-refractivity contribution in [1.82, 2.24) is 15.2 Å². The van der Waals surface area contributed by atoms with Gasteiger partial charge in [0.1, 0.15) is 0 Å². The zero-order valence-corrected chi connectivity index (χ0v) is 11.0. The summed E-state index contributed by atoms with van der Waals surface area (Å²) in [6, 6.07) is 6.17. The van der Waals surface area contributed by atoms with Gasteiger partial charge in [-0.15, -0.1) is 0 Å². The molecule has 0 bridgehead atoms. The first-order valence-electron chi connectivity index (χ1n) is 5.73. The maximum atomic E-state index is 4.51. The summed E-state index contributed by atoms with van der Waals surface area (Å²) in [6.07, 6.45) is 0. The van der Waals surface area contributed by atoms with Crippen molar-refractivity contribution in [3.05, 3.63) is 29.6 Å². The standard InChI is InChI=1S/C13H23N3/c1-11-7-6-8-12(15-11)9-16(5)10-13(2,3)14-4/h6-8,14H,9-10H2,1-5H3. The zero-order valence-electron chi connectivity index (χ0n) is 11.0. The van der Waals surface area contributed by atoms with Gasteiger partial charge in [0.2, 0.25) is 0 Å². The Bertz CT molecular complexity index is 334. The highest BCUT2D eigenvalue weighted by molar-refractivity contribution is 5.09. The zero-order chi connectivity index (χ0) is 12.2. The average Bonchev–Trinajstić information content (AvgIpc) is 2.16. The molecule has 0 aliphatic rings. The molecule has 0 saturated heterocycles. The third-order valence-corrected chi connectivity index (χ3v) is 2.72. The molecule has 0 radical (unpaired) electrons. The molecule has 0 fully saturated rings. The van der Waals surface area contributed by atoms with E-state index in [9.17, 15) is 0 Å². The van der Waals surface area contributed by atoms with Crippen molar-refractivity contribution in [2.24, 2.45) is 0 Å². The van der Waals surface area contributed by atoms with Crippen LogP contribution in [0.1, 0.15) is 25.2 Å². The minimum atomic E-state index is 0.137. The van der Waals surface area contributed by atoms with Gasteiger partial charge in [0.05, 0.1) is 5.69 Å². The fourth-order valence-corrected chi connectivity index (χ4v) is 1.77. The van der Waals surface area contributed by atoms with Gasteiger partial charge in [0.25, 0.3) is 0 Å². The fraction of sp³-hybridized carbons (Fsp3) is 0.615. The molecule has 1 N–H and O–H groups in total. The molecule has 0 atom stereocenters. The number of aryl methyl sites for hydroxylation is 1. The van der Waals surface area contributed by atoms with Gasteiger partial charge in [0.15, 0.2) is 0 Å². The Morgan fingerprint density at radius 2 is 2.06 bits per heavy atom. The Labute approximate surface area is 98.9 Å². The lowest BCUT2D eigenvalue weighted by Crippen LogP contribution is -2.46. The SMILES string of the molecule is CNC(C)(C)CN(C)Cc1cccc(C)n1. The van der Waals surface area contributed by atoms with Gasteiger partial charge in [-0.1, -0.05) is 6.07 Å². The quantitative estimate of drug-likeness (QED) is 0.822. The summed E-state index contributed by atoms with van der Waals surface area (Å²) >= 11 is 0. The predicted molar refractivity (Wildman–Crippen MR) is 68.4 cm³/mol. The van der Waals surface area contributed by atoms with Gasteiger partial charge < -0.3 is 5.32 Å². The van der Waals surface area contributed by atoms with E-state index in [0.717, 1.165) is 24.5 Å². The lowest BCUT2D eigenvalue weighted by atomic mass is 10.1. The molecular weight excluding hydrogens is 198 g/mol. The molecule has 90 valence electrons. The molecule has 0 unspecified atom stereocenters. The van der Waals surface area contributed by atoms with E-state index in [1.165, 1.54) is 0 Å². The largest absolute Gasteiger partial charge is 0.314 e. The van der Waals surface area contributed by atoms with Crippen molar-refractivity contribution in [2.45, 2.75) is 32.9 Å². The Morgan fingerprint density at radius 1 is 1.38 bits per heavy atom. The summed E-state index contributed by atoms with van der Waals surface area (Å²) in [4.78, 5) is 6.80. The molecule has 0 spiro atoms. The summed E-state index contributed by atoms with van der Waals surface area (Å²) in [5.41, 5.74) is 2.35. The summed E-state index contributed by atoms with van der Waals surface area (Å²) in [5, 5.41) is 3.31. The molecule has 1 rings (SSSR count). The molecule has 16 heavy (non-hydrogen) atoms. The van der Waals surface area contributed by atoms with Crippen LogP contribution in [0.15, 0.2) is 18.2 Å². The van der Waals surface area contributed by atoms with Crippen LogP contribution in [0.3, 0.4) is 0 Å². The van der Waals surface area contributed by atoms with Crippen LogP contribution in [0.2, 0.25) is 0 Å². The topological polar surface area (TPSA) is 28.2 Å². The predicted octanol–water partition coefficient (Wildman–Crippen LogP) is 1.82. The molecule has 0 aliphatic heterocycles. The van der Waals surface area contributed by atoms with Crippen molar-refractivity contribution in [3.8, 4) is 0 Å². The van der Waals surface area contributed by atoms with Crippen LogP contribution in [-0.4, -0.2) is 36.1 Å². The fourth-order valence-electron chi connectivity index (χ4n) is 1.77. The van der Waals surface area contributed by atoms with Gasteiger partial charge in [0, 0.05) is 24.3 Å². The van der Waals surface area contributed by atoms with Crippen LogP contribution < -0.4 is 5.32 Å². The third-order valence-electron chi connectivity index (χ3n) is 2.72. The molecule has 1 aromatic rings. The van der Waals surface area contributed by atoms with E-state index >= 15 is 0 Å². The summed E-state index contributed by atoms with van der Waals surface area (Å²) in [5.74, 6) is 0. The molecule has 0 amide bonds. The molecule has 3 heteroatoms. The highest BCUT2D eigenvalue weighted by Gasteiger charge is 2.17. The first-order chi connectivity index (χ1) is 7.43. The van der Waals surface area contributed by atoms with Crippen LogP contribution in [0.5, 0.6) is 0 Å². The van der Waals surface area contributed by atoms with Crippen LogP contribution >= 0.6 is 0 Å². The smallest absolute Gasteiger partial charge is 0.0547 e. The number of likely N-dealkylation sites (N-methyl/N-ethyl adjacent to an activating group) is 2. The maximum Gasteiger partial charge on any atom is 0.0547 e. The van der Waals surface area contributed by atoms with Gasteiger partial charge in [-0.05, 0) is 47.0 Å². The average molecular weight is 221 g/mol. The monoisotopic (exact) mass is 221 g/mol. The van der Waals surface area contributed by atoms with Crippen molar-refractivity contribution in [3.63, 3.8) is 0 Å². The number of pyridine rings is 1. The number of nitrogens with zero attached hydrogens (tertiary/aromatic N) is 2. The minimum Gasteiger partial charge on any atom is -0.314 e. The molecule has 0 saturated carbocycles. The van der Waals surface area contributed by atoms with E-state index in [-0.39, 0.29) is 5.54 Å². The van der Waals surface area contributed by atoms with Crippen molar-refractivity contribution < 1.29 is 0 Å². The third kappa shape index (κ3) is 4.29. The van der Waals surface area contributed by atoms with Crippen molar-refractivity contribution in [1.29, 1.82) is 0 Å². The van der Waals surface area contributed by atoms with Gasteiger partial charge in [-0.2, -0.15) is 0 Å². The van der Waals surface area contributed by atoms with Crippen LogP contribution in [0.4, 0.5) is 0 Å². The van der Waals surface area contributed by atoms with E-state index in [1.807, 2.05) is 20.0 Å². The molecule has 0 aromatic carbocycles. The molecular formula is C13H23N3. The lowest BCUT2D eigenvalue weighted by molar-refractivity contribution is 0.236. The number of hydrogen-bond acceptors (Lipinski definition) is 3. The van der Waals surface area contributed by atoms with Crippen molar-refractivity contribution >= 4 is 0 Å². The second-order valence-electron chi connectivity index (χ2n) is 5.08. The Balaban J connectivity index is 2.55. The van der Waals surface area contributed by atoms with Gasteiger partial charge in [-0.25, -0.2) is 0 Å². The Kier molecular flexibility index (Phi) is 4.44. The van der Waals surface area contributed by atoms with Crippen molar-refractivity contribution in [2.75, 3.05) is 20.6 Å². The van der Waals surface area contributed by atoms with E-state index < -0.39 is 0 Å². The number of aromatic nitrogens is 1. The molecule has 1 heterocycles. The Hall–Kier alpha value is -0.930. The second kappa shape index (κ2) is 5.41. The summed E-state index contributed by atoms with van der Waals surface area (Å²) in [6.45, 7) is 8.33. The van der Waals surface area contributed by atoms with Gasteiger partial charge >= 0.3 is 0 Å².